The SMILES string of the molecule is COc1ccc(OCCN(C)C(=O)c2[nH]c3c(c2C)C(=O)CCC3)cc1. The number of methoxy groups -OCH3 is 1. The van der Waals surface area contributed by atoms with E-state index in [9.17, 15) is 9.59 Å². The molecule has 3 rings (SSSR count). The van der Waals surface area contributed by atoms with Crippen molar-refractivity contribution in [3.05, 3.63) is 46.8 Å². The molecular formula is C20H24N2O4. The van der Waals surface area contributed by atoms with Crippen LogP contribution in [0.4, 0.5) is 0 Å². The zero-order chi connectivity index (χ0) is 18.7. The molecule has 0 saturated carbocycles. The minimum atomic E-state index is -0.122. The molecule has 1 N–H and O–H groups in total. The van der Waals surface area contributed by atoms with Crippen LogP contribution in [0.5, 0.6) is 11.5 Å². The monoisotopic (exact) mass is 356 g/mol. The Morgan fingerprint density at radius 3 is 2.54 bits per heavy atom. The Morgan fingerprint density at radius 1 is 1.19 bits per heavy atom. The first-order valence-electron chi connectivity index (χ1n) is 8.78. The molecular weight excluding hydrogens is 332 g/mol. The van der Waals surface area contributed by atoms with Crippen LogP contribution in [-0.2, 0) is 6.42 Å². The number of benzene rings is 1. The highest BCUT2D eigenvalue weighted by atomic mass is 16.5. The number of carbonyl (C=O) groups excluding carboxylic acids is 2. The van der Waals surface area contributed by atoms with E-state index in [0.717, 1.165) is 35.6 Å². The van der Waals surface area contributed by atoms with E-state index in [4.69, 9.17) is 9.47 Å². The molecule has 26 heavy (non-hydrogen) atoms. The molecule has 0 unspecified atom stereocenters. The third-order valence-corrected chi connectivity index (χ3v) is 4.75. The summed E-state index contributed by atoms with van der Waals surface area (Å²) >= 11 is 0. The molecule has 0 atom stereocenters. The van der Waals surface area contributed by atoms with Crippen LogP contribution in [0.25, 0.3) is 0 Å². The zero-order valence-electron chi connectivity index (χ0n) is 15.4. The Morgan fingerprint density at radius 2 is 1.88 bits per heavy atom. The van der Waals surface area contributed by atoms with Gasteiger partial charge in [-0.3, -0.25) is 9.59 Å². The second-order valence-electron chi connectivity index (χ2n) is 6.51. The van der Waals surface area contributed by atoms with Gasteiger partial charge in [-0.15, -0.1) is 0 Å². The fourth-order valence-electron chi connectivity index (χ4n) is 3.25. The number of amides is 1. The summed E-state index contributed by atoms with van der Waals surface area (Å²) in [6.45, 7) is 2.67. The van der Waals surface area contributed by atoms with Crippen molar-refractivity contribution in [3.63, 3.8) is 0 Å². The number of H-pyrrole nitrogens is 1. The topological polar surface area (TPSA) is 71.6 Å². The van der Waals surface area contributed by atoms with Crippen molar-refractivity contribution in [2.75, 3.05) is 27.3 Å². The van der Waals surface area contributed by atoms with Crippen LogP contribution in [0.1, 0.15) is 44.9 Å². The standard InChI is InChI=1S/C20H24N2O4/c1-13-18-16(5-4-6-17(18)23)21-19(13)20(24)22(2)11-12-26-15-9-7-14(25-3)8-10-15/h7-10,21H,4-6,11-12H2,1-3H3. The van der Waals surface area contributed by atoms with Crippen molar-refractivity contribution in [1.29, 1.82) is 0 Å². The van der Waals surface area contributed by atoms with Crippen LogP contribution < -0.4 is 9.47 Å². The molecule has 6 heteroatoms. The number of likely N-dealkylation sites (N-methyl/N-ethyl adjacent to an activating group) is 1. The molecule has 0 aliphatic heterocycles. The number of carbonyl (C=O) groups is 2. The van der Waals surface area contributed by atoms with Crippen molar-refractivity contribution in [2.24, 2.45) is 0 Å². The summed E-state index contributed by atoms with van der Waals surface area (Å²) in [4.78, 5) is 29.6. The predicted molar refractivity (Wildman–Crippen MR) is 98.2 cm³/mol. The summed E-state index contributed by atoms with van der Waals surface area (Å²) in [5.41, 5.74) is 2.88. The van der Waals surface area contributed by atoms with Gasteiger partial charge in [-0.25, -0.2) is 0 Å². The zero-order valence-corrected chi connectivity index (χ0v) is 15.4. The number of ketones is 1. The Kier molecular flexibility index (Phi) is 5.30. The Balaban J connectivity index is 1.60. The minimum absolute atomic E-state index is 0.122. The van der Waals surface area contributed by atoms with E-state index in [1.807, 2.05) is 31.2 Å². The highest BCUT2D eigenvalue weighted by Gasteiger charge is 2.27. The summed E-state index contributed by atoms with van der Waals surface area (Å²) in [7, 11) is 3.35. The molecule has 1 heterocycles. The third-order valence-electron chi connectivity index (χ3n) is 4.75. The quantitative estimate of drug-likeness (QED) is 0.864. The lowest BCUT2D eigenvalue weighted by atomic mass is 9.94. The maximum Gasteiger partial charge on any atom is 0.270 e. The van der Waals surface area contributed by atoms with Gasteiger partial charge in [0.2, 0.25) is 0 Å². The average Bonchev–Trinajstić information content (AvgIpc) is 2.99. The summed E-state index contributed by atoms with van der Waals surface area (Å²) in [6, 6.07) is 7.31. The first-order chi connectivity index (χ1) is 12.5. The van der Waals surface area contributed by atoms with Crippen LogP contribution in [-0.4, -0.2) is 48.9 Å². The number of aryl methyl sites for hydroxylation is 1. The molecule has 1 aromatic carbocycles. The van der Waals surface area contributed by atoms with Gasteiger partial charge in [0.25, 0.3) is 5.91 Å². The Labute approximate surface area is 153 Å². The highest BCUT2D eigenvalue weighted by molar-refractivity contribution is 6.04. The van der Waals surface area contributed by atoms with Gasteiger partial charge in [-0.1, -0.05) is 0 Å². The minimum Gasteiger partial charge on any atom is -0.497 e. The maximum absolute atomic E-state index is 12.7. The van der Waals surface area contributed by atoms with E-state index in [-0.39, 0.29) is 11.7 Å². The number of fused-ring (bicyclic) bond motifs is 1. The fraction of sp³-hybridized carbons (Fsp3) is 0.400. The maximum atomic E-state index is 12.7. The van der Waals surface area contributed by atoms with Crippen LogP contribution >= 0.6 is 0 Å². The number of hydrogen-bond donors (Lipinski definition) is 1. The van der Waals surface area contributed by atoms with Gasteiger partial charge in [-0.2, -0.15) is 0 Å². The first kappa shape index (κ1) is 18.0. The molecule has 1 aliphatic carbocycles. The van der Waals surface area contributed by atoms with Gasteiger partial charge in [-0.05, 0) is 49.6 Å². The summed E-state index contributed by atoms with van der Waals surface area (Å²) in [5.74, 6) is 1.50. The van der Waals surface area contributed by atoms with Gasteiger partial charge < -0.3 is 19.4 Å². The van der Waals surface area contributed by atoms with Gasteiger partial charge in [0.15, 0.2) is 5.78 Å². The first-order valence-corrected chi connectivity index (χ1v) is 8.78. The van der Waals surface area contributed by atoms with Crippen LogP contribution in [0.2, 0.25) is 0 Å². The van der Waals surface area contributed by atoms with E-state index in [1.165, 1.54) is 0 Å². The van der Waals surface area contributed by atoms with Gasteiger partial charge in [0.05, 0.1) is 13.7 Å². The summed E-state index contributed by atoms with van der Waals surface area (Å²) < 4.78 is 10.8. The summed E-state index contributed by atoms with van der Waals surface area (Å²) in [6.07, 6.45) is 2.22. The fourth-order valence-corrected chi connectivity index (χ4v) is 3.25. The van der Waals surface area contributed by atoms with Crippen LogP contribution in [0.3, 0.4) is 0 Å². The highest BCUT2D eigenvalue weighted by Crippen LogP contribution is 2.27. The largest absolute Gasteiger partial charge is 0.497 e. The molecule has 6 nitrogen and oxygen atoms in total. The summed E-state index contributed by atoms with van der Waals surface area (Å²) in [5, 5.41) is 0. The van der Waals surface area contributed by atoms with E-state index < -0.39 is 0 Å². The lowest BCUT2D eigenvalue weighted by molar-refractivity contribution is 0.0767. The number of Topliss-reactive ketones (excluding diaryl/α,β-unsaturated/α-hetero) is 1. The van der Waals surface area contributed by atoms with Gasteiger partial charge in [0.1, 0.15) is 23.8 Å². The second-order valence-corrected chi connectivity index (χ2v) is 6.51. The van der Waals surface area contributed by atoms with E-state index in [1.54, 1.807) is 19.1 Å². The molecule has 1 amide bonds. The van der Waals surface area contributed by atoms with Crippen molar-refractivity contribution >= 4 is 11.7 Å². The normalized spacial score (nSPS) is 13.3. The molecule has 0 spiro atoms. The van der Waals surface area contributed by atoms with Crippen molar-refractivity contribution < 1.29 is 19.1 Å². The molecule has 0 radical (unpaired) electrons. The van der Waals surface area contributed by atoms with Crippen LogP contribution in [0, 0.1) is 6.92 Å². The van der Waals surface area contributed by atoms with Gasteiger partial charge >= 0.3 is 0 Å². The number of nitrogens with zero attached hydrogens (tertiary/aromatic N) is 1. The number of aromatic amines is 1. The Bertz CT molecular complexity index is 808. The van der Waals surface area contributed by atoms with Crippen LogP contribution in [0.15, 0.2) is 24.3 Å². The number of aromatic nitrogens is 1. The molecule has 0 saturated heterocycles. The van der Waals surface area contributed by atoms with E-state index in [2.05, 4.69) is 4.98 Å². The third kappa shape index (κ3) is 3.59. The number of ether oxygens (including phenoxy) is 2. The van der Waals surface area contributed by atoms with Gasteiger partial charge in [0, 0.05) is 24.7 Å². The van der Waals surface area contributed by atoms with Crippen molar-refractivity contribution in [1.82, 2.24) is 9.88 Å². The molecule has 0 bridgehead atoms. The van der Waals surface area contributed by atoms with E-state index in [0.29, 0.717) is 30.8 Å². The molecule has 0 fully saturated rings. The van der Waals surface area contributed by atoms with Crippen molar-refractivity contribution in [2.45, 2.75) is 26.2 Å². The molecule has 1 aromatic heterocycles. The second kappa shape index (κ2) is 7.64. The lowest BCUT2D eigenvalue weighted by Gasteiger charge is -2.17. The van der Waals surface area contributed by atoms with Crippen molar-refractivity contribution in [3.8, 4) is 11.5 Å². The van der Waals surface area contributed by atoms with E-state index >= 15 is 0 Å². The molecule has 1 aliphatic rings. The molecule has 138 valence electrons. The number of nitrogens with one attached hydrogen (secondary N) is 1. The smallest absolute Gasteiger partial charge is 0.270 e. The Hall–Kier alpha value is -2.76. The average molecular weight is 356 g/mol. The predicted octanol–water partition coefficient (Wildman–Crippen LogP) is 3.00. The number of rotatable bonds is 6. The number of hydrogen-bond acceptors (Lipinski definition) is 4. The molecule has 2 aromatic rings. The lowest BCUT2D eigenvalue weighted by Crippen LogP contribution is -2.31.